The van der Waals surface area contributed by atoms with Gasteiger partial charge < -0.3 is 19.5 Å². The Balaban J connectivity index is 2.21. The fourth-order valence-corrected chi connectivity index (χ4v) is 2.81. The molecule has 0 spiro atoms. The van der Waals surface area contributed by atoms with Gasteiger partial charge in [-0.25, -0.2) is 14.4 Å². The first-order valence-corrected chi connectivity index (χ1v) is 7.96. The highest BCUT2D eigenvalue weighted by Crippen LogP contribution is 2.27. The zero-order chi connectivity index (χ0) is 18.8. The van der Waals surface area contributed by atoms with Crippen molar-refractivity contribution in [2.75, 3.05) is 14.2 Å². The molecule has 1 N–H and O–H groups in total. The van der Waals surface area contributed by atoms with E-state index in [1.165, 1.54) is 14.2 Å². The minimum Gasteiger partial charge on any atom is -0.465 e. The summed E-state index contributed by atoms with van der Waals surface area (Å²) in [6.45, 7) is 5.38. The summed E-state index contributed by atoms with van der Waals surface area (Å²) in [6.07, 6.45) is 0.590. The molecule has 25 heavy (non-hydrogen) atoms. The Bertz CT molecular complexity index is 659. The second-order valence-electron chi connectivity index (χ2n) is 6.90. The molecule has 0 fully saturated rings. The van der Waals surface area contributed by atoms with Gasteiger partial charge in [0.1, 0.15) is 5.60 Å². The lowest BCUT2D eigenvalue weighted by Crippen LogP contribution is -2.39. The molecule has 1 aromatic carbocycles. The summed E-state index contributed by atoms with van der Waals surface area (Å²) in [5.41, 5.74) is 1.51. The number of carbonyl (C=O) groups is 3. The summed E-state index contributed by atoms with van der Waals surface area (Å²) in [5, 5.41) is 2.81. The van der Waals surface area contributed by atoms with E-state index in [0.29, 0.717) is 12.8 Å². The van der Waals surface area contributed by atoms with Gasteiger partial charge in [-0.3, -0.25) is 0 Å². The van der Waals surface area contributed by atoms with E-state index >= 15 is 0 Å². The minimum absolute atomic E-state index is 0.158. The number of hydrogen-bond donors (Lipinski definition) is 1. The number of hydrogen-bond acceptors (Lipinski definition) is 6. The van der Waals surface area contributed by atoms with Crippen molar-refractivity contribution in [1.29, 1.82) is 0 Å². The Kier molecular flexibility index (Phi) is 5.35. The maximum atomic E-state index is 12.0. The fourth-order valence-electron chi connectivity index (χ4n) is 2.81. The summed E-state index contributed by atoms with van der Waals surface area (Å²) in [5.74, 6) is -1.21. The van der Waals surface area contributed by atoms with Crippen molar-refractivity contribution < 1.29 is 28.6 Å². The van der Waals surface area contributed by atoms with E-state index in [-0.39, 0.29) is 17.2 Å². The minimum atomic E-state index is -0.605. The highest BCUT2D eigenvalue weighted by molar-refractivity contribution is 6.03. The van der Waals surface area contributed by atoms with E-state index < -0.39 is 23.6 Å². The highest BCUT2D eigenvalue weighted by atomic mass is 16.6. The van der Waals surface area contributed by atoms with Crippen LogP contribution in [0.2, 0.25) is 0 Å². The van der Waals surface area contributed by atoms with E-state index in [1.807, 2.05) is 0 Å². The summed E-state index contributed by atoms with van der Waals surface area (Å²) in [7, 11) is 2.51. The largest absolute Gasteiger partial charge is 0.465 e. The summed E-state index contributed by atoms with van der Waals surface area (Å²) >= 11 is 0. The second kappa shape index (κ2) is 7.13. The van der Waals surface area contributed by atoms with Gasteiger partial charge in [0.25, 0.3) is 0 Å². The van der Waals surface area contributed by atoms with Gasteiger partial charge in [0, 0.05) is 6.04 Å². The number of nitrogens with one attached hydrogen (secondary N) is 1. The molecule has 2 rings (SSSR count). The van der Waals surface area contributed by atoms with Gasteiger partial charge >= 0.3 is 18.0 Å². The first-order valence-electron chi connectivity index (χ1n) is 7.96. The molecular formula is C18H23NO6. The number of methoxy groups -OCH3 is 2. The van der Waals surface area contributed by atoms with Crippen LogP contribution in [-0.2, 0) is 27.1 Å². The van der Waals surface area contributed by atoms with Gasteiger partial charge in [-0.1, -0.05) is 0 Å². The molecule has 136 valence electrons. The van der Waals surface area contributed by atoms with Crippen LogP contribution in [-0.4, -0.2) is 43.9 Å². The maximum Gasteiger partial charge on any atom is 0.407 e. The quantitative estimate of drug-likeness (QED) is 0.665. The summed E-state index contributed by atoms with van der Waals surface area (Å²) in [6, 6.07) is 3.09. The third-order valence-electron chi connectivity index (χ3n) is 3.80. The molecule has 1 amide bonds. The molecule has 0 heterocycles. The van der Waals surface area contributed by atoms with Crippen molar-refractivity contribution in [3.05, 3.63) is 34.4 Å². The number of amides is 1. The van der Waals surface area contributed by atoms with Crippen molar-refractivity contribution in [3.63, 3.8) is 0 Å². The molecular weight excluding hydrogens is 326 g/mol. The number of ether oxygens (including phenoxy) is 3. The van der Waals surface area contributed by atoms with Gasteiger partial charge in [0.05, 0.1) is 25.3 Å². The average molecular weight is 349 g/mol. The Labute approximate surface area is 146 Å². The van der Waals surface area contributed by atoms with Crippen molar-refractivity contribution in [2.24, 2.45) is 0 Å². The van der Waals surface area contributed by atoms with Gasteiger partial charge in [-0.05, 0) is 56.9 Å². The fraction of sp³-hybridized carbons (Fsp3) is 0.500. The van der Waals surface area contributed by atoms with Gasteiger partial charge in [-0.2, -0.15) is 0 Å². The Hall–Kier alpha value is -2.57. The summed E-state index contributed by atoms with van der Waals surface area (Å²) < 4.78 is 14.7. The van der Waals surface area contributed by atoms with Crippen LogP contribution < -0.4 is 5.32 Å². The Morgan fingerprint density at radius 1 is 0.960 bits per heavy atom. The van der Waals surface area contributed by atoms with Crippen molar-refractivity contribution in [2.45, 2.75) is 45.3 Å². The molecule has 1 aliphatic rings. The van der Waals surface area contributed by atoms with E-state index in [9.17, 15) is 14.4 Å². The number of benzene rings is 1. The zero-order valence-corrected chi connectivity index (χ0v) is 15.1. The van der Waals surface area contributed by atoms with E-state index in [2.05, 4.69) is 5.32 Å². The average Bonchev–Trinajstić information content (AvgIpc) is 2.91. The predicted octanol–water partition coefficient (Wildman–Crippen LogP) is 2.25. The highest BCUT2D eigenvalue weighted by Gasteiger charge is 2.29. The van der Waals surface area contributed by atoms with E-state index in [4.69, 9.17) is 14.2 Å². The van der Waals surface area contributed by atoms with Crippen LogP contribution in [0.5, 0.6) is 0 Å². The lowest BCUT2D eigenvalue weighted by Gasteiger charge is -2.21. The third-order valence-corrected chi connectivity index (χ3v) is 3.80. The topological polar surface area (TPSA) is 90.9 Å². The van der Waals surface area contributed by atoms with Crippen LogP contribution in [0.25, 0.3) is 0 Å². The lowest BCUT2D eigenvalue weighted by atomic mass is 10.00. The molecule has 7 nitrogen and oxygen atoms in total. The molecule has 0 saturated heterocycles. The first kappa shape index (κ1) is 18.8. The molecule has 7 heteroatoms. The SMILES string of the molecule is COC(=O)c1cc2c(cc1C(=O)OC)CC(NC(=O)OC(C)(C)C)C2. The van der Waals surface area contributed by atoms with Gasteiger partial charge in [0.2, 0.25) is 0 Å². The zero-order valence-electron chi connectivity index (χ0n) is 15.1. The van der Waals surface area contributed by atoms with Crippen LogP contribution in [0.15, 0.2) is 12.1 Å². The predicted molar refractivity (Wildman–Crippen MR) is 89.7 cm³/mol. The maximum absolute atomic E-state index is 12.0. The molecule has 0 unspecified atom stereocenters. The molecule has 0 aromatic heterocycles. The molecule has 1 aromatic rings. The number of fused-ring (bicyclic) bond motifs is 1. The second-order valence-corrected chi connectivity index (χ2v) is 6.90. The van der Waals surface area contributed by atoms with Crippen molar-refractivity contribution in [3.8, 4) is 0 Å². The van der Waals surface area contributed by atoms with Crippen LogP contribution >= 0.6 is 0 Å². The smallest absolute Gasteiger partial charge is 0.407 e. The lowest BCUT2D eigenvalue weighted by molar-refractivity contribution is 0.0504. The Morgan fingerprint density at radius 2 is 1.40 bits per heavy atom. The third kappa shape index (κ3) is 4.49. The monoisotopic (exact) mass is 349 g/mol. The summed E-state index contributed by atoms with van der Waals surface area (Å²) in [4.78, 5) is 35.8. The molecule has 0 aliphatic heterocycles. The van der Waals surface area contributed by atoms with E-state index in [0.717, 1.165) is 11.1 Å². The molecule has 1 aliphatic carbocycles. The van der Waals surface area contributed by atoms with Crippen molar-refractivity contribution >= 4 is 18.0 Å². The van der Waals surface area contributed by atoms with E-state index in [1.54, 1.807) is 32.9 Å². The molecule has 0 atom stereocenters. The molecule has 0 saturated carbocycles. The van der Waals surface area contributed by atoms with Crippen LogP contribution in [0.1, 0.15) is 52.6 Å². The number of rotatable bonds is 3. The normalized spacial score (nSPS) is 13.8. The number of alkyl carbamates (subject to hydrolysis) is 1. The molecule has 0 bridgehead atoms. The van der Waals surface area contributed by atoms with Gasteiger partial charge in [-0.15, -0.1) is 0 Å². The van der Waals surface area contributed by atoms with Crippen molar-refractivity contribution in [1.82, 2.24) is 5.32 Å². The van der Waals surface area contributed by atoms with Crippen LogP contribution in [0.3, 0.4) is 0 Å². The Morgan fingerprint density at radius 3 is 1.76 bits per heavy atom. The van der Waals surface area contributed by atoms with Crippen LogP contribution in [0, 0.1) is 0 Å². The molecule has 0 radical (unpaired) electrons. The van der Waals surface area contributed by atoms with Gasteiger partial charge in [0.15, 0.2) is 0 Å². The number of esters is 2. The standard InChI is InChI=1S/C18H23NO6/c1-18(2,3)25-17(22)19-12-6-10-8-13(15(20)23-4)14(16(21)24-5)9-11(10)7-12/h8-9,12H,6-7H2,1-5H3,(H,19,22). The number of carbonyl (C=O) groups excluding carboxylic acids is 3. The first-order chi connectivity index (χ1) is 11.6. The van der Waals surface area contributed by atoms with Crippen LogP contribution in [0.4, 0.5) is 4.79 Å².